The van der Waals surface area contributed by atoms with Crippen LogP contribution in [0.15, 0.2) is 10.6 Å². The molecule has 1 fully saturated rings. The topological polar surface area (TPSA) is 21.3 Å². The Labute approximate surface area is 89.2 Å². The van der Waals surface area contributed by atoms with Gasteiger partial charge < -0.3 is 10.1 Å². The molecule has 0 bridgehead atoms. The van der Waals surface area contributed by atoms with E-state index in [-0.39, 0.29) is 0 Å². The molecular weight excluding hydrogens is 209 g/mol. The molecule has 13 heavy (non-hydrogen) atoms. The summed E-state index contributed by atoms with van der Waals surface area (Å²) in [4.78, 5) is 0. The average molecular weight is 224 g/mol. The maximum atomic E-state index is 5.72. The van der Waals surface area contributed by atoms with Gasteiger partial charge in [0, 0.05) is 30.3 Å². The molecule has 4 heteroatoms. The lowest BCUT2D eigenvalue weighted by Crippen LogP contribution is -2.28. The third kappa shape index (κ3) is 4.87. The molecule has 0 spiro atoms. The Bertz CT molecular complexity index is 167. The highest BCUT2D eigenvalue weighted by atomic mass is 35.5. The number of nitrogens with one attached hydrogen (secondary N) is 1. The minimum atomic E-state index is 0.661. The molecule has 1 aliphatic rings. The van der Waals surface area contributed by atoms with Gasteiger partial charge in [-0.05, 0) is 25.3 Å². The summed E-state index contributed by atoms with van der Waals surface area (Å²) in [6.45, 7) is 3.46. The Morgan fingerprint density at radius 2 is 2.15 bits per heavy atom. The largest absolute Gasteiger partial charge is 0.381 e. The van der Waals surface area contributed by atoms with Crippen LogP contribution in [0.1, 0.15) is 12.8 Å². The van der Waals surface area contributed by atoms with E-state index in [0.29, 0.717) is 11.6 Å². The third-order valence-electron chi connectivity index (χ3n) is 2.19. The summed E-state index contributed by atoms with van der Waals surface area (Å²) in [5, 5.41) is 3.93. The van der Waals surface area contributed by atoms with Gasteiger partial charge in [-0.3, -0.25) is 0 Å². The molecule has 0 amide bonds. The van der Waals surface area contributed by atoms with Gasteiger partial charge in [-0.2, -0.15) is 0 Å². The van der Waals surface area contributed by atoms with Crippen LogP contribution in [0.2, 0.25) is 0 Å². The summed E-state index contributed by atoms with van der Waals surface area (Å²) in [7, 11) is 0. The molecule has 1 saturated heterocycles. The number of ether oxygens (including phenoxy) is 1. The molecule has 0 radical (unpaired) electrons. The number of halogens is 2. The van der Waals surface area contributed by atoms with Crippen molar-refractivity contribution in [2.45, 2.75) is 12.8 Å². The maximum Gasteiger partial charge on any atom is 0.0469 e. The number of rotatable bonds is 4. The zero-order valence-corrected chi connectivity index (χ0v) is 9.07. The lowest BCUT2D eigenvalue weighted by atomic mass is 10.0. The smallest absolute Gasteiger partial charge is 0.0469 e. The molecule has 0 atom stereocenters. The highest BCUT2D eigenvalue weighted by Crippen LogP contribution is 2.13. The second-order valence-electron chi connectivity index (χ2n) is 3.24. The fourth-order valence-electron chi connectivity index (χ4n) is 1.38. The first-order chi connectivity index (χ1) is 6.33. The molecular formula is C9H15Cl2NO. The maximum absolute atomic E-state index is 5.72. The Kier molecular flexibility index (Phi) is 5.80. The van der Waals surface area contributed by atoms with E-state index in [1.165, 1.54) is 5.54 Å². The normalized spacial score (nSPS) is 20.6. The number of hydrogen-bond acceptors (Lipinski definition) is 2. The van der Waals surface area contributed by atoms with Crippen LogP contribution >= 0.6 is 23.2 Å². The minimum Gasteiger partial charge on any atom is -0.381 e. The Morgan fingerprint density at radius 1 is 1.46 bits per heavy atom. The average Bonchev–Trinajstić information content (AvgIpc) is 2.19. The summed E-state index contributed by atoms with van der Waals surface area (Å²) in [5.41, 5.74) is 1.40. The van der Waals surface area contributed by atoms with Gasteiger partial charge in [0.2, 0.25) is 0 Å². The molecule has 1 heterocycles. The zero-order valence-electron chi connectivity index (χ0n) is 7.56. The molecule has 1 N–H and O–H groups in total. The van der Waals surface area contributed by atoms with Crippen LogP contribution in [-0.2, 0) is 4.74 Å². The van der Waals surface area contributed by atoms with Crippen LogP contribution in [0.25, 0.3) is 0 Å². The van der Waals surface area contributed by atoms with Gasteiger partial charge >= 0.3 is 0 Å². The van der Waals surface area contributed by atoms with Crippen molar-refractivity contribution in [1.82, 2.24) is 5.32 Å². The molecule has 0 saturated carbocycles. The standard InChI is InChI=1S/C9H15Cl2NO/c10-5-9(11)7-12-6-8-1-3-13-4-2-8/h5,8,12H,1-4,6-7H2. The van der Waals surface area contributed by atoms with Gasteiger partial charge in [-0.25, -0.2) is 0 Å². The van der Waals surface area contributed by atoms with E-state index in [1.807, 2.05) is 0 Å². The van der Waals surface area contributed by atoms with E-state index < -0.39 is 0 Å². The highest BCUT2D eigenvalue weighted by Gasteiger charge is 2.12. The lowest BCUT2D eigenvalue weighted by Gasteiger charge is -2.22. The number of hydrogen-bond donors (Lipinski definition) is 1. The van der Waals surface area contributed by atoms with Crippen molar-refractivity contribution >= 4 is 23.2 Å². The van der Waals surface area contributed by atoms with Gasteiger partial charge in [0.05, 0.1) is 0 Å². The van der Waals surface area contributed by atoms with E-state index in [2.05, 4.69) is 5.32 Å². The third-order valence-corrected chi connectivity index (χ3v) is 2.80. The first kappa shape index (κ1) is 11.3. The first-order valence-electron chi connectivity index (χ1n) is 4.56. The molecule has 76 valence electrons. The van der Waals surface area contributed by atoms with Gasteiger partial charge in [0.25, 0.3) is 0 Å². The first-order valence-corrected chi connectivity index (χ1v) is 5.37. The van der Waals surface area contributed by atoms with Gasteiger partial charge in [-0.15, -0.1) is 0 Å². The van der Waals surface area contributed by atoms with Crippen molar-refractivity contribution in [2.24, 2.45) is 5.92 Å². The molecule has 0 aromatic carbocycles. The van der Waals surface area contributed by atoms with E-state index in [1.54, 1.807) is 0 Å². The Hall–Kier alpha value is 0.240. The van der Waals surface area contributed by atoms with Crippen LogP contribution in [-0.4, -0.2) is 26.3 Å². The lowest BCUT2D eigenvalue weighted by molar-refractivity contribution is 0.0666. The van der Waals surface area contributed by atoms with Crippen molar-refractivity contribution in [1.29, 1.82) is 0 Å². The predicted octanol–water partition coefficient (Wildman–Crippen LogP) is 2.32. The Balaban J connectivity index is 2.04. The summed E-state index contributed by atoms with van der Waals surface area (Å²) in [5.74, 6) is 0.730. The second kappa shape index (κ2) is 6.66. The van der Waals surface area contributed by atoms with Crippen LogP contribution in [0.4, 0.5) is 0 Å². The minimum absolute atomic E-state index is 0.661. The molecule has 1 aliphatic heterocycles. The van der Waals surface area contributed by atoms with Crippen LogP contribution in [0.3, 0.4) is 0 Å². The summed E-state index contributed by atoms with van der Waals surface area (Å²) in [6, 6.07) is 0. The quantitative estimate of drug-likeness (QED) is 0.791. The van der Waals surface area contributed by atoms with E-state index >= 15 is 0 Å². The van der Waals surface area contributed by atoms with Crippen LogP contribution < -0.4 is 5.32 Å². The molecule has 0 unspecified atom stereocenters. The summed E-state index contributed by atoms with van der Waals surface area (Å²) in [6.07, 6.45) is 2.30. The molecule has 2 nitrogen and oxygen atoms in total. The van der Waals surface area contributed by atoms with Gasteiger partial charge in [-0.1, -0.05) is 23.2 Å². The van der Waals surface area contributed by atoms with Crippen molar-refractivity contribution in [3.8, 4) is 0 Å². The molecule has 0 aromatic heterocycles. The monoisotopic (exact) mass is 223 g/mol. The fourth-order valence-corrected chi connectivity index (χ4v) is 1.56. The Morgan fingerprint density at radius 3 is 2.77 bits per heavy atom. The van der Waals surface area contributed by atoms with Crippen molar-refractivity contribution < 1.29 is 4.74 Å². The molecule has 0 aromatic rings. The fraction of sp³-hybridized carbons (Fsp3) is 0.778. The van der Waals surface area contributed by atoms with Crippen molar-refractivity contribution in [3.63, 3.8) is 0 Å². The molecule has 1 rings (SSSR count). The predicted molar refractivity (Wildman–Crippen MR) is 56.2 cm³/mol. The highest BCUT2D eigenvalue weighted by molar-refractivity contribution is 6.36. The van der Waals surface area contributed by atoms with Crippen molar-refractivity contribution in [2.75, 3.05) is 26.3 Å². The summed E-state index contributed by atoms with van der Waals surface area (Å²) >= 11 is 11.1. The van der Waals surface area contributed by atoms with E-state index in [0.717, 1.165) is 38.5 Å². The zero-order chi connectivity index (χ0) is 9.52. The molecule has 0 aliphatic carbocycles. The van der Waals surface area contributed by atoms with E-state index in [9.17, 15) is 0 Å². The second-order valence-corrected chi connectivity index (χ2v) is 3.95. The van der Waals surface area contributed by atoms with E-state index in [4.69, 9.17) is 27.9 Å². The van der Waals surface area contributed by atoms with Gasteiger partial charge in [0.15, 0.2) is 0 Å². The SMILES string of the molecule is ClC=C(Cl)CNCC1CCOCC1. The van der Waals surface area contributed by atoms with Crippen LogP contribution in [0, 0.1) is 5.92 Å². The summed E-state index contributed by atoms with van der Waals surface area (Å²) < 4.78 is 5.26. The van der Waals surface area contributed by atoms with Crippen LogP contribution in [0.5, 0.6) is 0 Å². The van der Waals surface area contributed by atoms with Crippen molar-refractivity contribution in [3.05, 3.63) is 10.6 Å². The van der Waals surface area contributed by atoms with Gasteiger partial charge in [0.1, 0.15) is 0 Å².